The van der Waals surface area contributed by atoms with Crippen molar-refractivity contribution in [2.75, 3.05) is 12.9 Å². The van der Waals surface area contributed by atoms with E-state index in [0.29, 0.717) is 5.48 Å². The fourth-order valence-corrected chi connectivity index (χ4v) is 3.27. The number of carboxylic acid groups (broad SMARTS) is 1. The van der Waals surface area contributed by atoms with Crippen LogP contribution in [0.3, 0.4) is 0 Å². The molecule has 0 unspecified atom stereocenters. The third-order valence-corrected chi connectivity index (χ3v) is 4.71. The number of esters is 1. The lowest BCUT2D eigenvalue weighted by Crippen LogP contribution is -2.70. The Morgan fingerprint density at radius 3 is 2.46 bits per heavy atom. The highest BCUT2D eigenvalue weighted by atomic mass is 32.2. The standard InChI is InChI=1S/C17H23FN2O7S/c1-8-12(18)9(15(23)26-5)6-10(20-25)13(8)28-7-11(14(21)22)19-16(24)27-17(2,3)4/h6,11H,7,20H2,1-5H3,(H,19,24)(H,21,22)/t11-/m0/s1. The topological polar surface area (TPSA) is 142 Å². The number of aliphatic carboxylic acids is 1. The van der Waals surface area contributed by atoms with Gasteiger partial charge in [-0.3, -0.25) is 0 Å². The summed E-state index contributed by atoms with van der Waals surface area (Å²) in [6.07, 6.45) is -0.917. The van der Waals surface area contributed by atoms with Gasteiger partial charge in [-0.1, -0.05) is 0 Å². The van der Waals surface area contributed by atoms with E-state index in [4.69, 9.17) is 4.74 Å². The number of carbonyl (C=O) groups excluding carboxylic acids is 2. The van der Waals surface area contributed by atoms with Crippen LogP contribution in [0.1, 0.15) is 36.7 Å². The van der Waals surface area contributed by atoms with E-state index in [2.05, 4.69) is 10.1 Å². The molecule has 0 aromatic heterocycles. The number of quaternary nitrogens is 1. The molecule has 1 atom stereocenters. The average molecular weight is 418 g/mol. The van der Waals surface area contributed by atoms with Crippen LogP contribution in [-0.2, 0) is 14.3 Å². The van der Waals surface area contributed by atoms with Crippen molar-refractivity contribution in [1.82, 2.24) is 5.32 Å². The molecule has 0 fully saturated rings. The van der Waals surface area contributed by atoms with Crippen LogP contribution in [0.15, 0.2) is 11.0 Å². The summed E-state index contributed by atoms with van der Waals surface area (Å²) in [6, 6.07) is -0.303. The molecular formula is C17H23FN2O7S. The number of hydrogen-bond donors (Lipinski definition) is 3. The maximum absolute atomic E-state index is 14.5. The van der Waals surface area contributed by atoms with Gasteiger partial charge in [-0.15, -0.1) is 11.8 Å². The van der Waals surface area contributed by atoms with E-state index >= 15 is 0 Å². The third-order valence-electron chi connectivity index (χ3n) is 3.38. The van der Waals surface area contributed by atoms with E-state index < -0.39 is 41.1 Å². The van der Waals surface area contributed by atoms with E-state index in [1.54, 1.807) is 20.8 Å². The first-order chi connectivity index (χ1) is 12.9. The monoisotopic (exact) mass is 418 g/mol. The molecule has 0 heterocycles. The molecule has 0 saturated heterocycles. The number of nitrogens with two attached hydrogens (primary N) is 1. The smallest absolute Gasteiger partial charge is 0.408 e. The number of methoxy groups -OCH3 is 1. The van der Waals surface area contributed by atoms with Gasteiger partial charge in [0.05, 0.1) is 12.0 Å². The number of ether oxygens (including phenoxy) is 2. The number of nitrogens with one attached hydrogen (secondary N) is 1. The first-order valence-corrected chi connectivity index (χ1v) is 9.11. The highest BCUT2D eigenvalue weighted by Gasteiger charge is 2.27. The second kappa shape index (κ2) is 9.71. The summed E-state index contributed by atoms with van der Waals surface area (Å²) >= 11 is 0.862. The van der Waals surface area contributed by atoms with Gasteiger partial charge in [0.2, 0.25) is 0 Å². The Kier molecular flexibility index (Phi) is 8.21. The number of benzene rings is 1. The molecule has 0 aliphatic rings. The molecule has 156 valence electrons. The molecule has 0 bridgehead atoms. The van der Waals surface area contributed by atoms with Crippen LogP contribution in [0, 0.1) is 17.9 Å². The minimum atomic E-state index is -1.35. The first-order valence-electron chi connectivity index (χ1n) is 8.13. The van der Waals surface area contributed by atoms with E-state index in [1.165, 1.54) is 6.92 Å². The van der Waals surface area contributed by atoms with Crippen molar-refractivity contribution in [3.8, 4) is 0 Å². The summed E-state index contributed by atoms with van der Waals surface area (Å²) in [7, 11) is 1.08. The van der Waals surface area contributed by atoms with Gasteiger partial charge in [-0.05, 0) is 27.7 Å². The zero-order valence-electron chi connectivity index (χ0n) is 16.1. The maximum atomic E-state index is 14.5. The number of hydrogen-bond acceptors (Lipinski definition) is 7. The van der Waals surface area contributed by atoms with E-state index in [0.717, 1.165) is 24.9 Å². The van der Waals surface area contributed by atoms with Crippen molar-refractivity contribution in [3.63, 3.8) is 0 Å². The number of alkyl carbamates (subject to hydrolysis) is 1. The van der Waals surface area contributed by atoms with Gasteiger partial charge in [0.25, 0.3) is 0 Å². The lowest BCUT2D eigenvalue weighted by atomic mass is 10.1. The van der Waals surface area contributed by atoms with Crippen molar-refractivity contribution >= 4 is 35.5 Å². The molecule has 1 aromatic rings. The van der Waals surface area contributed by atoms with Crippen LogP contribution < -0.4 is 10.8 Å². The van der Waals surface area contributed by atoms with E-state index in [-0.39, 0.29) is 21.9 Å². The molecule has 11 heteroatoms. The van der Waals surface area contributed by atoms with Crippen molar-refractivity contribution in [2.45, 2.75) is 44.2 Å². The van der Waals surface area contributed by atoms with Crippen molar-refractivity contribution in [1.29, 1.82) is 0 Å². The normalized spacial score (nSPS) is 12.2. The molecule has 1 aromatic carbocycles. The van der Waals surface area contributed by atoms with Crippen LogP contribution in [0.2, 0.25) is 0 Å². The van der Waals surface area contributed by atoms with Gasteiger partial charge >= 0.3 is 18.0 Å². The number of thioether (sulfide) groups is 1. The predicted octanol–water partition coefficient (Wildman–Crippen LogP) is 1.68. The van der Waals surface area contributed by atoms with Crippen LogP contribution in [0.5, 0.6) is 0 Å². The Hall–Kier alpha value is -2.37. The first kappa shape index (κ1) is 23.7. The fraction of sp³-hybridized carbons (Fsp3) is 0.471. The van der Waals surface area contributed by atoms with E-state index in [9.17, 15) is 29.1 Å². The van der Waals surface area contributed by atoms with Crippen LogP contribution in [-0.4, -0.2) is 47.6 Å². The molecule has 0 aliphatic carbocycles. The number of amides is 1. The average Bonchev–Trinajstić information content (AvgIpc) is 2.59. The molecule has 9 nitrogen and oxygen atoms in total. The number of halogens is 1. The van der Waals surface area contributed by atoms with Gasteiger partial charge in [-0.2, -0.15) is 0 Å². The SMILES string of the molecule is COC(=O)c1cc([NH2+][O-])c(SC[C@H](NC(=O)OC(C)(C)C)C(=O)O)c(C)c1F. The molecular weight excluding hydrogens is 395 g/mol. The minimum Gasteiger partial charge on any atom is -0.630 e. The zero-order valence-corrected chi connectivity index (χ0v) is 16.9. The highest BCUT2D eigenvalue weighted by molar-refractivity contribution is 7.99. The summed E-state index contributed by atoms with van der Waals surface area (Å²) < 4.78 is 24.0. The van der Waals surface area contributed by atoms with Gasteiger partial charge in [0.1, 0.15) is 28.7 Å². The molecule has 0 saturated carbocycles. The maximum Gasteiger partial charge on any atom is 0.408 e. The summed E-state index contributed by atoms with van der Waals surface area (Å²) in [4.78, 5) is 35.0. The van der Waals surface area contributed by atoms with Crippen LogP contribution >= 0.6 is 11.8 Å². The molecule has 0 aliphatic heterocycles. The highest BCUT2D eigenvalue weighted by Crippen LogP contribution is 2.32. The Balaban J connectivity index is 3.05. The number of carboxylic acids is 1. The second-order valence-corrected chi connectivity index (χ2v) is 7.77. The van der Waals surface area contributed by atoms with Gasteiger partial charge in [-0.25, -0.2) is 18.8 Å². The Morgan fingerprint density at radius 1 is 1.39 bits per heavy atom. The van der Waals surface area contributed by atoms with Gasteiger partial charge in [0.15, 0.2) is 0 Å². The predicted molar refractivity (Wildman–Crippen MR) is 98.9 cm³/mol. The largest absolute Gasteiger partial charge is 0.630 e. The van der Waals surface area contributed by atoms with Crippen molar-refractivity contribution in [2.24, 2.45) is 0 Å². The van der Waals surface area contributed by atoms with Crippen LogP contribution in [0.4, 0.5) is 14.9 Å². The zero-order chi connectivity index (χ0) is 21.6. The lowest BCUT2D eigenvalue weighted by molar-refractivity contribution is -0.499. The molecule has 1 amide bonds. The second-order valence-electron chi connectivity index (χ2n) is 6.74. The summed E-state index contributed by atoms with van der Waals surface area (Å²) in [5, 5.41) is 22.9. The summed E-state index contributed by atoms with van der Waals surface area (Å²) in [5.74, 6) is -3.33. The van der Waals surface area contributed by atoms with E-state index in [1.807, 2.05) is 0 Å². The third kappa shape index (κ3) is 6.36. The Morgan fingerprint density at radius 2 is 2.00 bits per heavy atom. The van der Waals surface area contributed by atoms with Crippen molar-refractivity contribution in [3.05, 3.63) is 28.2 Å². The molecule has 28 heavy (non-hydrogen) atoms. The van der Waals surface area contributed by atoms with Crippen molar-refractivity contribution < 1.29 is 38.8 Å². The number of rotatable bonds is 7. The minimum absolute atomic E-state index is 0.00333. The van der Waals surface area contributed by atoms with Gasteiger partial charge < -0.3 is 30.6 Å². The van der Waals surface area contributed by atoms with Crippen LogP contribution in [0.25, 0.3) is 0 Å². The molecule has 0 spiro atoms. The lowest BCUT2D eigenvalue weighted by Gasteiger charge is -2.22. The molecule has 1 rings (SSSR count). The Bertz CT molecular complexity index is 765. The number of carbonyl (C=O) groups is 3. The summed E-state index contributed by atoms with van der Waals surface area (Å²) in [5.41, 5.74) is -0.776. The fourth-order valence-electron chi connectivity index (χ4n) is 2.13. The summed E-state index contributed by atoms with van der Waals surface area (Å²) in [6.45, 7) is 6.24. The molecule has 4 N–H and O–H groups in total. The quantitative estimate of drug-likeness (QED) is 0.263. The Labute approximate surface area is 165 Å². The van der Waals surface area contributed by atoms with Gasteiger partial charge in [0, 0.05) is 17.4 Å². The molecule has 0 radical (unpaired) electrons.